The molecule has 0 amide bonds. The average Bonchev–Trinajstić information content (AvgIpc) is 2.45. The van der Waals surface area contributed by atoms with Gasteiger partial charge in [0.05, 0.1) is 13.2 Å². The monoisotopic (exact) mass is 186 g/mol. The molecular weight excluding hydrogens is 172 g/mol. The van der Waals surface area contributed by atoms with Crippen molar-refractivity contribution in [3.8, 4) is 0 Å². The van der Waals surface area contributed by atoms with Gasteiger partial charge in [0.25, 0.3) is 0 Å². The molecule has 74 valence electrons. The number of esters is 1. The van der Waals surface area contributed by atoms with Gasteiger partial charge in [-0.3, -0.25) is 0 Å². The first-order chi connectivity index (χ1) is 6.07. The number of carbonyl (C=O) groups is 1. The molecule has 0 aromatic heterocycles. The largest absolute Gasteiger partial charge is 0.497 e. The molecule has 0 aliphatic carbocycles. The Kier molecular flexibility index (Phi) is 2.93. The second kappa shape index (κ2) is 3.79. The maximum absolute atomic E-state index is 11.2. The van der Waals surface area contributed by atoms with Crippen LogP contribution in [0.4, 0.5) is 0 Å². The van der Waals surface area contributed by atoms with Gasteiger partial charge in [0.2, 0.25) is 0 Å². The van der Waals surface area contributed by atoms with Gasteiger partial charge in [-0.25, -0.2) is 4.79 Å². The van der Waals surface area contributed by atoms with Gasteiger partial charge in [-0.2, -0.15) is 0 Å². The summed E-state index contributed by atoms with van der Waals surface area (Å²) < 4.78 is 9.68. The predicted molar refractivity (Wildman–Crippen MR) is 45.8 cm³/mol. The summed E-state index contributed by atoms with van der Waals surface area (Å²) in [5.41, 5.74) is 0.262. The van der Waals surface area contributed by atoms with Gasteiger partial charge >= 0.3 is 5.97 Å². The molecule has 13 heavy (non-hydrogen) atoms. The van der Waals surface area contributed by atoms with E-state index in [1.807, 2.05) is 13.8 Å². The molecule has 1 heterocycles. The van der Waals surface area contributed by atoms with E-state index in [9.17, 15) is 9.90 Å². The highest BCUT2D eigenvalue weighted by Gasteiger charge is 2.32. The molecule has 0 saturated heterocycles. The van der Waals surface area contributed by atoms with Crippen molar-refractivity contribution >= 4 is 5.97 Å². The van der Waals surface area contributed by atoms with Crippen LogP contribution >= 0.6 is 0 Å². The summed E-state index contributed by atoms with van der Waals surface area (Å²) >= 11 is 0. The third-order valence-electron chi connectivity index (χ3n) is 2.03. The quantitative estimate of drug-likeness (QED) is 0.650. The van der Waals surface area contributed by atoms with Gasteiger partial charge < -0.3 is 14.6 Å². The summed E-state index contributed by atoms with van der Waals surface area (Å²) in [4.78, 5) is 11.2. The van der Waals surface area contributed by atoms with E-state index in [-0.39, 0.29) is 18.1 Å². The standard InChI is InChI=1S/C9H14O4/c1-5(2)8(10)7-6(12-3)4-13-9(7)11/h5,8,10H,4H2,1-3H3. The van der Waals surface area contributed by atoms with Gasteiger partial charge in [0.1, 0.15) is 17.9 Å². The molecule has 0 radical (unpaired) electrons. The van der Waals surface area contributed by atoms with Crippen LogP contribution < -0.4 is 0 Å². The highest BCUT2D eigenvalue weighted by atomic mass is 16.6. The summed E-state index contributed by atoms with van der Waals surface area (Å²) in [6.45, 7) is 3.79. The first-order valence-electron chi connectivity index (χ1n) is 4.20. The molecule has 0 aromatic rings. The maximum atomic E-state index is 11.2. The van der Waals surface area contributed by atoms with Gasteiger partial charge in [-0.05, 0) is 5.92 Å². The van der Waals surface area contributed by atoms with Crippen LogP contribution in [0, 0.1) is 5.92 Å². The summed E-state index contributed by atoms with van der Waals surface area (Å²) in [5.74, 6) is -0.0601. The lowest BCUT2D eigenvalue weighted by atomic mass is 9.99. The Morgan fingerprint density at radius 3 is 2.62 bits per heavy atom. The molecule has 1 N–H and O–H groups in total. The predicted octanol–water partition coefficient (Wildman–Crippen LogP) is 0.461. The Balaban J connectivity index is 2.91. The third kappa shape index (κ3) is 1.83. The fraction of sp³-hybridized carbons (Fsp3) is 0.667. The minimum Gasteiger partial charge on any atom is -0.497 e. The number of rotatable bonds is 3. The van der Waals surface area contributed by atoms with E-state index in [1.54, 1.807) is 0 Å². The Labute approximate surface area is 77.1 Å². The van der Waals surface area contributed by atoms with Crippen LogP contribution in [0.3, 0.4) is 0 Å². The van der Waals surface area contributed by atoms with Gasteiger partial charge in [0.15, 0.2) is 0 Å². The number of carbonyl (C=O) groups excluding carboxylic acids is 1. The SMILES string of the molecule is COC1=C(C(O)C(C)C)C(=O)OC1. The molecule has 0 bridgehead atoms. The lowest BCUT2D eigenvalue weighted by Gasteiger charge is -2.14. The van der Waals surface area contributed by atoms with Crippen molar-refractivity contribution in [1.29, 1.82) is 0 Å². The second-order valence-electron chi connectivity index (χ2n) is 3.31. The van der Waals surface area contributed by atoms with Crippen LogP contribution in [0.2, 0.25) is 0 Å². The average molecular weight is 186 g/mol. The van der Waals surface area contributed by atoms with Crippen LogP contribution in [-0.4, -0.2) is 30.9 Å². The van der Waals surface area contributed by atoms with E-state index in [2.05, 4.69) is 0 Å². The Hall–Kier alpha value is -1.03. The molecule has 0 fully saturated rings. The second-order valence-corrected chi connectivity index (χ2v) is 3.31. The molecule has 0 spiro atoms. The number of hydrogen-bond donors (Lipinski definition) is 1. The molecule has 1 rings (SSSR count). The molecule has 0 saturated carbocycles. The van der Waals surface area contributed by atoms with E-state index in [4.69, 9.17) is 9.47 Å². The van der Waals surface area contributed by atoms with E-state index in [1.165, 1.54) is 7.11 Å². The Bertz CT molecular complexity index is 242. The third-order valence-corrected chi connectivity index (χ3v) is 2.03. The molecule has 0 aromatic carbocycles. The van der Waals surface area contributed by atoms with Crippen molar-refractivity contribution in [2.75, 3.05) is 13.7 Å². The van der Waals surface area contributed by atoms with Gasteiger partial charge in [-0.15, -0.1) is 0 Å². The van der Waals surface area contributed by atoms with E-state index < -0.39 is 12.1 Å². The van der Waals surface area contributed by atoms with E-state index in [0.29, 0.717) is 5.76 Å². The Morgan fingerprint density at radius 2 is 2.15 bits per heavy atom. The number of methoxy groups -OCH3 is 1. The zero-order chi connectivity index (χ0) is 10.0. The van der Waals surface area contributed by atoms with Crippen molar-refractivity contribution in [2.45, 2.75) is 20.0 Å². The van der Waals surface area contributed by atoms with Gasteiger partial charge in [0, 0.05) is 0 Å². The molecule has 1 atom stereocenters. The van der Waals surface area contributed by atoms with Crippen LogP contribution in [0.5, 0.6) is 0 Å². The number of aliphatic hydroxyl groups excluding tert-OH is 1. The number of hydrogen-bond acceptors (Lipinski definition) is 4. The summed E-state index contributed by atoms with van der Waals surface area (Å²) in [7, 11) is 1.46. The highest BCUT2D eigenvalue weighted by molar-refractivity contribution is 5.92. The molecular formula is C9H14O4. The molecule has 1 aliphatic heterocycles. The minimum absolute atomic E-state index is 0.0224. The normalized spacial score (nSPS) is 19.3. The van der Waals surface area contributed by atoms with Crippen LogP contribution in [0.25, 0.3) is 0 Å². The lowest BCUT2D eigenvalue weighted by Crippen LogP contribution is -2.22. The first-order valence-corrected chi connectivity index (χ1v) is 4.20. The molecule has 1 aliphatic rings. The zero-order valence-corrected chi connectivity index (χ0v) is 8.03. The van der Waals surface area contributed by atoms with Crippen molar-refractivity contribution in [3.05, 3.63) is 11.3 Å². The fourth-order valence-electron chi connectivity index (χ4n) is 1.19. The summed E-state index contributed by atoms with van der Waals surface area (Å²) in [6.07, 6.45) is -0.801. The van der Waals surface area contributed by atoms with Crippen molar-refractivity contribution < 1.29 is 19.4 Å². The molecule has 4 nitrogen and oxygen atoms in total. The fourth-order valence-corrected chi connectivity index (χ4v) is 1.19. The smallest absolute Gasteiger partial charge is 0.340 e. The number of aliphatic hydroxyl groups is 1. The van der Waals surface area contributed by atoms with E-state index >= 15 is 0 Å². The minimum atomic E-state index is -0.801. The number of ether oxygens (including phenoxy) is 2. The Morgan fingerprint density at radius 1 is 1.54 bits per heavy atom. The highest BCUT2D eigenvalue weighted by Crippen LogP contribution is 2.23. The van der Waals surface area contributed by atoms with E-state index in [0.717, 1.165) is 0 Å². The number of cyclic esters (lactones) is 1. The van der Waals surface area contributed by atoms with Crippen LogP contribution in [0.15, 0.2) is 11.3 Å². The lowest BCUT2D eigenvalue weighted by molar-refractivity contribution is -0.137. The topological polar surface area (TPSA) is 55.8 Å². The first kappa shape index (κ1) is 10.1. The van der Waals surface area contributed by atoms with Crippen LogP contribution in [0.1, 0.15) is 13.8 Å². The summed E-state index contributed by atoms with van der Waals surface area (Å²) in [5, 5.41) is 9.66. The van der Waals surface area contributed by atoms with Crippen molar-refractivity contribution in [1.82, 2.24) is 0 Å². The van der Waals surface area contributed by atoms with Crippen LogP contribution in [-0.2, 0) is 14.3 Å². The molecule has 4 heteroatoms. The van der Waals surface area contributed by atoms with Crippen molar-refractivity contribution in [2.24, 2.45) is 5.92 Å². The molecule has 1 unspecified atom stereocenters. The maximum Gasteiger partial charge on any atom is 0.340 e. The summed E-state index contributed by atoms with van der Waals surface area (Å²) in [6, 6.07) is 0. The van der Waals surface area contributed by atoms with Crippen molar-refractivity contribution in [3.63, 3.8) is 0 Å². The zero-order valence-electron chi connectivity index (χ0n) is 8.03. The van der Waals surface area contributed by atoms with Gasteiger partial charge in [-0.1, -0.05) is 13.8 Å².